The number of anilines is 1. The molecule has 0 saturated heterocycles. The van der Waals surface area contributed by atoms with Gasteiger partial charge in [0.25, 0.3) is 0 Å². The van der Waals surface area contributed by atoms with Gasteiger partial charge in [0, 0.05) is 0 Å². The van der Waals surface area contributed by atoms with Crippen molar-refractivity contribution in [2.45, 2.75) is 25.8 Å². The normalized spacial score (nSPS) is 12.2. The highest BCUT2D eigenvalue weighted by Gasteiger charge is 2.19. The SMILES string of the molecule is CC(C)c1ccc(C(Nc2ccccc2F)C(N)=O)cc1. The molecule has 0 aromatic heterocycles. The summed E-state index contributed by atoms with van der Waals surface area (Å²) in [6, 6.07) is 13.1. The number of benzene rings is 2. The second-order valence-corrected chi connectivity index (χ2v) is 5.28. The molecule has 0 aliphatic heterocycles. The van der Waals surface area contributed by atoms with Crippen LogP contribution in [-0.4, -0.2) is 5.91 Å². The van der Waals surface area contributed by atoms with Crippen LogP contribution in [0, 0.1) is 5.82 Å². The topological polar surface area (TPSA) is 55.1 Å². The van der Waals surface area contributed by atoms with E-state index in [-0.39, 0.29) is 5.69 Å². The van der Waals surface area contributed by atoms with Crippen molar-refractivity contribution in [2.24, 2.45) is 5.73 Å². The van der Waals surface area contributed by atoms with Crippen LogP contribution in [0.4, 0.5) is 10.1 Å². The number of para-hydroxylation sites is 1. The molecule has 21 heavy (non-hydrogen) atoms. The monoisotopic (exact) mass is 286 g/mol. The summed E-state index contributed by atoms with van der Waals surface area (Å²) in [6.07, 6.45) is 0. The highest BCUT2D eigenvalue weighted by molar-refractivity contribution is 5.84. The maximum atomic E-state index is 13.7. The molecule has 0 aliphatic rings. The molecule has 1 unspecified atom stereocenters. The van der Waals surface area contributed by atoms with Crippen molar-refractivity contribution in [3.8, 4) is 0 Å². The molecule has 0 bridgehead atoms. The van der Waals surface area contributed by atoms with Gasteiger partial charge in [0.1, 0.15) is 11.9 Å². The van der Waals surface area contributed by atoms with Gasteiger partial charge in [-0.25, -0.2) is 4.39 Å². The number of primary amides is 1. The Morgan fingerprint density at radius 1 is 1.05 bits per heavy atom. The van der Waals surface area contributed by atoms with E-state index in [1.54, 1.807) is 18.2 Å². The molecule has 0 radical (unpaired) electrons. The molecular formula is C17H19FN2O. The summed E-state index contributed by atoms with van der Waals surface area (Å²) in [4.78, 5) is 11.7. The van der Waals surface area contributed by atoms with E-state index in [0.717, 1.165) is 5.56 Å². The van der Waals surface area contributed by atoms with E-state index in [9.17, 15) is 9.18 Å². The van der Waals surface area contributed by atoms with Crippen LogP contribution in [0.3, 0.4) is 0 Å². The summed E-state index contributed by atoms with van der Waals surface area (Å²) in [6.45, 7) is 4.19. The first kappa shape index (κ1) is 15.0. The van der Waals surface area contributed by atoms with Crippen molar-refractivity contribution in [3.05, 3.63) is 65.5 Å². The molecule has 2 aromatic rings. The Hall–Kier alpha value is -2.36. The minimum atomic E-state index is -0.761. The molecule has 1 amide bonds. The third kappa shape index (κ3) is 3.60. The fraction of sp³-hybridized carbons (Fsp3) is 0.235. The number of carbonyl (C=O) groups is 1. The van der Waals surface area contributed by atoms with E-state index in [1.807, 2.05) is 24.3 Å². The molecule has 3 N–H and O–H groups in total. The number of carbonyl (C=O) groups excluding carboxylic acids is 1. The molecule has 0 spiro atoms. The predicted molar refractivity (Wildman–Crippen MR) is 82.5 cm³/mol. The average molecular weight is 286 g/mol. The van der Waals surface area contributed by atoms with Gasteiger partial charge in [-0.15, -0.1) is 0 Å². The van der Waals surface area contributed by atoms with Crippen LogP contribution in [0.5, 0.6) is 0 Å². The van der Waals surface area contributed by atoms with Crippen LogP contribution in [0.1, 0.15) is 36.9 Å². The van der Waals surface area contributed by atoms with Gasteiger partial charge in [-0.2, -0.15) is 0 Å². The Bertz CT molecular complexity index is 623. The zero-order chi connectivity index (χ0) is 15.4. The van der Waals surface area contributed by atoms with E-state index in [0.29, 0.717) is 5.92 Å². The largest absolute Gasteiger partial charge is 0.368 e. The molecule has 3 nitrogen and oxygen atoms in total. The maximum Gasteiger partial charge on any atom is 0.244 e. The Labute approximate surface area is 124 Å². The number of amides is 1. The molecule has 1 atom stereocenters. The lowest BCUT2D eigenvalue weighted by Crippen LogP contribution is -2.28. The number of halogens is 1. The standard InChI is InChI=1S/C17H19FN2O/c1-11(2)12-7-9-13(10-8-12)16(17(19)21)20-15-6-4-3-5-14(15)18/h3-11,16,20H,1-2H3,(H2,19,21). The van der Waals surface area contributed by atoms with Gasteiger partial charge in [0.15, 0.2) is 0 Å². The first-order chi connectivity index (χ1) is 9.99. The second kappa shape index (κ2) is 6.39. The molecule has 2 aromatic carbocycles. The second-order valence-electron chi connectivity index (χ2n) is 5.28. The van der Waals surface area contributed by atoms with Crippen LogP contribution >= 0.6 is 0 Å². The number of rotatable bonds is 5. The number of nitrogens with two attached hydrogens (primary N) is 1. The molecule has 0 fully saturated rings. The van der Waals surface area contributed by atoms with E-state index >= 15 is 0 Å². The van der Waals surface area contributed by atoms with Crippen LogP contribution in [0.25, 0.3) is 0 Å². The summed E-state index contributed by atoms with van der Waals surface area (Å²) in [7, 11) is 0. The first-order valence-electron chi connectivity index (χ1n) is 6.89. The van der Waals surface area contributed by atoms with Crippen LogP contribution in [0.2, 0.25) is 0 Å². The van der Waals surface area contributed by atoms with Gasteiger partial charge in [-0.1, -0.05) is 50.2 Å². The average Bonchev–Trinajstić information content (AvgIpc) is 2.46. The van der Waals surface area contributed by atoms with Crippen molar-refractivity contribution in [2.75, 3.05) is 5.32 Å². The zero-order valence-corrected chi connectivity index (χ0v) is 12.1. The third-order valence-corrected chi connectivity index (χ3v) is 3.39. The van der Waals surface area contributed by atoms with Crippen molar-refractivity contribution in [1.29, 1.82) is 0 Å². The number of nitrogens with one attached hydrogen (secondary N) is 1. The van der Waals surface area contributed by atoms with E-state index in [2.05, 4.69) is 19.2 Å². The van der Waals surface area contributed by atoms with Gasteiger partial charge in [0.2, 0.25) is 5.91 Å². The van der Waals surface area contributed by atoms with Gasteiger partial charge in [-0.05, 0) is 29.2 Å². The quantitative estimate of drug-likeness (QED) is 0.882. The van der Waals surface area contributed by atoms with E-state index < -0.39 is 17.8 Å². The Balaban J connectivity index is 2.27. The van der Waals surface area contributed by atoms with Crippen molar-refractivity contribution < 1.29 is 9.18 Å². The van der Waals surface area contributed by atoms with Crippen molar-refractivity contribution in [1.82, 2.24) is 0 Å². The van der Waals surface area contributed by atoms with Crippen LogP contribution < -0.4 is 11.1 Å². The lowest BCUT2D eigenvalue weighted by molar-refractivity contribution is -0.118. The van der Waals surface area contributed by atoms with Gasteiger partial charge in [-0.3, -0.25) is 4.79 Å². The Morgan fingerprint density at radius 2 is 1.62 bits per heavy atom. The predicted octanol–water partition coefficient (Wildman–Crippen LogP) is 3.59. The van der Waals surface area contributed by atoms with Gasteiger partial charge in [0.05, 0.1) is 5.69 Å². The molecule has 0 aliphatic carbocycles. The van der Waals surface area contributed by atoms with Crippen LogP contribution in [0.15, 0.2) is 48.5 Å². The summed E-state index contributed by atoms with van der Waals surface area (Å²) >= 11 is 0. The molecule has 0 saturated carbocycles. The number of hydrogen-bond acceptors (Lipinski definition) is 2. The lowest BCUT2D eigenvalue weighted by atomic mass is 9.98. The molecular weight excluding hydrogens is 267 g/mol. The third-order valence-electron chi connectivity index (χ3n) is 3.39. The lowest BCUT2D eigenvalue weighted by Gasteiger charge is -2.18. The molecule has 2 rings (SSSR count). The minimum Gasteiger partial charge on any atom is -0.368 e. The molecule has 110 valence electrons. The number of hydrogen-bond donors (Lipinski definition) is 2. The van der Waals surface area contributed by atoms with Gasteiger partial charge < -0.3 is 11.1 Å². The zero-order valence-electron chi connectivity index (χ0n) is 12.1. The van der Waals surface area contributed by atoms with E-state index in [1.165, 1.54) is 11.6 Å². The highest BCUT2D eigenvalue weighted by Crippen LogP contribution is 2.23. The van der Waals surface area contributed by atoms with Crippen molar-refractivity contribution >= 4 is 11.6 Å². The maximum absolute atomic E-state index is 13.7. The molecule has 0 heterocycles. The fourth-order valence-corrected chi connectivity index (χ4v) is 2.13. The minimum absolute atomic E-state index is 0.259. The smallest absolute Gasteiger partial charge is 0.244 e. The summed E-state index contributed by atoms with van der Waals surface area (Å²) in [5.41, 5.74) is 7.59. The molecule has 4 heteroatoms. The fourth-order valence-electron chi connectivity index (χ4n) is 2.13. The summed E-state index contributed by atoms with van der Waals surface area (Å²) < 4.78 is 13.7. The first-order valence-corrected chi connectivity index (χ1v) is 6.89. The summed E-state index contributed by atoms with van der Waals surface area (Å²) in [5, 5.41) is 2.86. The van der Waals surface area contributed by atoms with Crippen molar-refractivity contribution in [3.63, 3.8) is 0 Å². The highest BCUT2D eigenvalue weighted by atomic mass is 19.1. The Morgan fingerprint density at radius 3 is 2.14 bits per heavy atom. The van der Waals surface area contributed by atoms with Gasteiger partial charge >= 0.3 is 0 Å². The van der Waals surface area contributed by atoms with Crippen LogP contribution in [-0.2, 0) is 4.79 Å². The summed E-state index contributed by atoms with van der Waals surface area (Å²) in [5.74, 6) is -0.552. The van der Waals surface area contributed by atoms with E-state index in [4.69, 9.17) is 5.73 Å². The Kier molecular flexibility index (Phi) is 4.58.